The minimum atomic E-state index is 0.763. The summed E-state index contributed by atoms with van der Waals surface area (Å²) in [6, 6.07) is 5.94. The molecular formula is C7H3N3S. The van der Waals surface area contributed by atoms with Crippen molar-refractivity contribution in [2.45, 2.75) is 0 Å². The quantitative estimate of drug-likeness (QED) is 0.503. The molecule has 11 heavy (non-hydrogen) atoms. The Morgan fingerprint density at radius 3 is 3.18 bits per heavy atom. The summed E-state index contributed by atoms with van der Waals surface area (Å²) in [5.74, 6) is 0. The van der Waals surface area contributed by atoms with Crippen molar-refractivity contribution in [3.8, 4) is 0 Å². The maximum atomic E-state index is 4.26. The number of benzene rings is 1. The van der Waals surface area contributed by atoms with Crippen molar-refractivity contribution in [1.29, 1.82) is 0 Å². The van der Waals surface area contributed by atoms with Gasteiger partial charge in [0.15, 0.2) is 0 Å². The van der Waals surface area contributed by atoms with Gasteiger partial charge >= 0.3 is 0 Å². The fourth-order valence-corrected chi connectivity index (χ4v) is 1.95. The van der Waals surface area contributed by atoms with Crippen LogP contribution in [0.2, 0.25) is 0 Å². The third-order valence-corrected chi connectivity index (χ3v) is 2.53. The van der Waals surface area contributed by atoms with E-state index in [2.05, 4.69) is 15.2 Å². The number of hydrogen-bond donors (Lipinski definition) is 0. The Balaban J connectivity index is 2.82. The van der Waals surface area contributed by atoms with Gasteiger partial charge in [-0.15, -0.1) is 10.2 Å². The van der Waals surface area contributed by atoms with Crippen LogP contribution in [0.5, 0.6) is 0 Å². The van der Waals surface area contributed by atoms with Crippen LogP contribution in [0.4, 0.5) is 0 Å². The molecule has 0 atom stereocenters. The van der Waals surface area contributed by atoms with E-state index in [1.807, 2.05) is 18.2 Å². The second kappa shape index (κ2) is 1.65. The van der Waals surface area contributed by atoms with Crippen molar-refractivity contribution < 1.29 is 0 Å². The van der Waals surface area contributed by atoms with Crippen molar-refractivity contribution >= 4 is 32.0 Å². The van der Waals surface area contributed by atoms with Gasteiger partial charge < -0.3 is 0 Å². The number of fused-ring (bicyclic) bond motifs is 1. The van der Waals surface area contributed by atoms with E-state index in [-0.39, 0.29) is 0 Å². The van der Waals surface area contributed by atoms with Gasteiger partial charge in [0.25, 0.3) is 0 Å². The Morgan fingerprint density at radius 1 is 1.18 bits per heavy atom. The third-order valence-electron chi connectivity index (χ3n) is 1.63. The van der Waals surface area contributed by atoms with Gasteiger partial charge in [0.2, 0.25) is 4.96 Å². The van der Waals surface area contributed by atoms with Crippen LogP contribution >= 0.6 is 11.3 Å². The second-order valence-corrected chi connectivity index (χ2v) is 3.33. The first kappa shape index (κ1) is 5.37. The summed E-state index contributed by atoms with van der Waals surface area (Å²) < 4.78 is 1.17. The smallest absolute Gasteiger partial charge is 0.214 e. The fourth-order valence-electron chi connectivity index (χ4n) is 1.14. The molecule has 3 aromatic rings. The highest BCUT2D eigenvalue weighted by atomic mass is 32.1. The molecule has 0 N–H and O–H groups in total. The van der Waals surface area contributed by atoms with Gasteiger partial charge in [-0.25, -0.2) is 4.98 Å². The molecular weight excluding hydrogens is 158 g/mol. The van der Waals surface area contributed by atoms with Gasteiger partial charge in [0, 0.05) is 0 Å². The van der Waals surface area contributed by atoms with Crippen molar-refractivity contribution in [3.05, 3.63) is 18.2 Å². The van der Waals surface area contributed by atoms with Crippen LogP contribution in [-0.4, -0.2) is 15.2 Å². The lowest BCUT2D eigenvalue weighted by Crippen LogP contribution is -1.82. The number of para-hydroxylation sites is 1. The van der Waals surface area contributed by atoms with Crippen LogP contribution in [-0.2, 0) is 0 Å². The standard InChI is InChI=1S/C7H3N3S/c1-2-4-6-5(3-1)11-7(8-6)10-9-4/h1-3H. The summed E-state index contributed by atoms with van der Waals surface area (Å²) in [6.45, 7) is 0. The molecule has 52 valence electrons. The number of thiazole rings is 1. The van der Waals surface area contributed by atoms with Crippen LogP contribution in [0.15, 0.2) is 18.2 Å². The molecule has 2 aromatic heterocycles. The summed E-state index contributed by atoms with van der Waals surface area (Å²) in [5.41, 5.74) is 1.87. The largest absolute Gasteiger partial charge is 0.231 e. The van der Waals surface area contributed by atoms with Crippen LogP contribution in [0.1, 0.15) is 0 Å². The van der Waals surface area contributed by atoms with Gasteiger partial charge in [-0.2, -0.15) is 0 Å². The predicted molar refractivity (Wildman–Crippen MR) is 43.9 cm³/mol. The zero-order valence-electron chi connectivity index (χ0n) is 5.48. The molecule has 0 aliphatic rings. The molecule has 0 radical (unpaired) electrons. The molecule has 2 heterocycles. The molecule has 0 fully saturated rings. The van der Waals surface area contributed by atoms with Crippen LogP contribution in [0.3, 0.4) is 0 Å². The normalized spacial score (nSPS) is 11.6. The van der Waals surface area contributed by atoms with E-state index < -0.39 is 0 Å². The molecule has 3 rings (SSSR count). The predicted octanol–water partition coefficient (Wildman–Crippen LogP) is 1.68. The summed E-state index contributed by atoms with van der Waals surface area (Å²) in [4.78, 5) is 5.02. The monoisotopic (exact) mass is 161 g/mol. The number of hydrogen-bond acceptors (Lipinski definition) is 4. The molecule has 0 saturated heterocycles. The molecule has 0 unspecified atom stereocenters. The Hall–Kier alpha value is -1.29. The van der Waals surface area contributed by atoms with Crippen molar-refractivity contribution in [2.24, 2.45) is 0 Å². The summed E-state index contributed by atoms with van der Waals surface area (Å²) in [6.07, 6.45) is 0. The summed E-state index contributed by atoms with van der Waals surface area (Å²) >= 11 is 1.58. The van der Waals surface area contributed by atoms with Gasteiger partial charge in [0.1, 0.15) is 11.0 Å². The average molecular weight is 161 g/mol. The van der Waals surface area contributed by atoms with Gasteiger partial charge in [0.05, 0.1) is 4.70 Å². The van der Waals surface area contributed by atoms with E-state index in [1.165, 1.54) is 4.70 Å². The van der Waals surface area contributed by atoms with E-state index in [9.17, 15) is 0 Å². The van der Waals surface area contributed by atoms with Crippen LogP contribution < -0.4 is 0 Å². The molecule has 0 aliphatic heterocycles. The number of aromatic nitrogens is 3. The van der Waals surface area contributed by atoms with E-state index in [0.717, 1.165) is 16.0 Å². The summed E-state index contributed by atoms with van der Waals surface area (Å²) in [7, 11) is 0. The molecule has 3 nitrogen and oxygen atoms in total. The van der Waals surface area contributed by atoms with Crippen LogP contribution in [0.25, 0.3) is 20.7 Å². The minimum Gasteiger partial charge on any atom is -0.214 e. The number of nitrogens with zero attached hydrogens (tertiary/aromatic N) is 3. The SMILES string of the molecule is c1cc2nnc3nc2c(c1)s3. The number of rotatable bonds is 0. The van der Waals surface area contributed by atoms with Crippen molar-refractivity contribution in [2.75, 3.05) is 0 Å². The highest BCUT2D eigenvalue weighted by molar-refractivity contribution is 7.23. The van der Waals surface area contributed by atoms with Gasteiger partial charge in [-0.05, 0) is 12.1 Å². The third kappa shape index (κ3) is 0.593. The Morgan fingerprint density at radius 2 is 2.18 bits per heavy atom. The van der Waals surface area contributed by atoms with Crippen molar-refractivity contribution in [1.82, 2.24) is 15.2 Å². The summed E-state index contributed by atoms with van der Waals surface area (Å²) in [5, 5.41) is 7.92. The van der Waals surface area contributed by atoms with Crippen LogP contribution in [0, 0.1) is 0 Å². The maximum absolute atomic E-state index is 4.26. The molecule has 0 amide bonds. The lowest BCUT2D eigenvalue weighted by Gasteiger charge is -1.87. The molecule has 0 spiro atoms. The fraction of sp³-hybridized carbons (Fsp3) is 0. The first-order valence-electron chi connectivity index (χ1n) is 3.25. The minimum absolute atomic E-state index is 0.763. The molecule has 2 bridgehead atoms. The van der Waals surface area contributed by atoms with E-state index >= 15 is 0 Å². The lowest BCUT2D eigenvalue weighted by atomic mass is 10.3. The highest BCUT2D eigenvalue weighted by Crippen LogP contribution is 2.24. The zero-order chi connectivity index (χ0) is 7.26. The second-order valence-electron chi connectivity index (χ2n) is 2.32. The van der Waals surface area contributed by atoms with Gasteiger partial charge in [-0.1, -0.05) is 17.4 Å². The Bertz CT molecular complexity index is 480. The van der Waals surface area contributed by atoms with Gasteiger partial charge in [-0.3, -0.25) is 0 Å². The first-order valence-corrected chi connectivity index (χ1v) is 4.06. The molecule has 0 saturated carbocycles. The lowest BCUT2D eigenvalue weighted by molar-refractivity contribution is 1.10. The molecule has 4 heteroatoms. The highest BCUT2D eigenvalue weighted by Gasteiger charge is 2.05. The van der Waals surface area contributed by atoms with E-state index in [1.54, 1.807) is 11.3 Å². The maximum Gasteiger partial charge on any atom is 0.231 e. The van der Waals surface area contributed by atoms with Crippen molar-refractivity contribution in [3.63, 3.8) is 0 Å². The Kier molecular flexibility index (Phi) is 0.806. The Labute approximate surface area is 66.0 Å². The van der Waals surface area contributed by atoms with E-state index in [4.69, 9.17) is 0 Å². The topological polar surface area (TPSA) is 38.7 Å². The zero-order valence-corrected chi connectivity index (χ0v) is 6.30. The average Bonchev–Trinajstić information content (AvgIpc) is 2.42. The van der Waals surface area contributed by atoms with E-state index in [0.29, 0.717) is 0 Å². The first-order chi connectivity index (χ1) is 5.43. The molecule has 0 aliphatic carbocycles. The molecule has 1 aromatic carbocycles.